The molecular formula is C18H28O4. The third kappa shape index (κ3) is 4.11. The average molecular weight is 308 g/mol. The standard InChI is InChI=1S/C18H28O4/c1-11-4-6-16(12(2)8-11)18(21)22-10-14-5-7-15(17(19)20)13(3)9-14/h9,11-13,15-16H,4-8,10H2,1-3H3,(H,19,20). The highest BCUT2D eigenvalue weighted by atomic mass is 16.5. The maximum Gasteiger partial charge on any atom is 0.309 e. The summed E-state index contributed by atoms with van der Waals surface area (Å²) in [6.07, 6.45) is 6.45. The second kappa shape index (κ2) is 7.30. The van der Waals surface area contributed by atoms with Crippen LogP contribution in [0.3, 0.4) is 0 Å². The quantitative estimate of drug-likeness (QED) is 0.636. The second-order valence-electron chi connectivity index (χ2n) is 7.28. The van der Waals surface area contributed by atoms with Crippen LogP contribution in [-0.2, 0) is 14.3 Å². The number of carboxylic acid groups (broad SMARTS) is 1. The number of hydrogen-bond donors (Lipinski definition) is 1. The SMILES string of the molecule is CC1CCC(C(=O)OCC2=CC(C)C(C(=O)O)CC2)C(C)C1. The number of carbonyl (C=O) groups excluding carboxylic acids is 1. The van der Waals surface area contributed by atoms with E-state index in [0.29, 0.717) is 31.3 Å². The molecule has 0 aromatic rings. The maximum absolute atomic E-state index is 12.3. The number of esters is 1. The Morgan fingerprint density at radius 2 is 1.91 bits per heavy atom. The number of aliphatic carboxylic acids is 1. The van der Waals surface area contributed by atoms with Gasteiger partial charge in [-0.15, -0.1) is 0 Å². The summed E-state index contributed by atoms with van der Waals surface area (Å²) in [6.45, 7) is 6.63. The van der Waals surface area contributed by atoms with E-state index in [1.807, 2.05) is 13.0 Å². The van der Waals surface area contributed by atoms with E-state index in [4.69, 9.17) is 9.84 Å². The predicted octanol–water partition coefficient (Wildman–Crippen LogP) is 3.66. The molecule has 0 radical (unpaired) electrons. The normalized spacial score (nSPS) is 35.6. The molecule has 5 atom stereocenters. The largest absolute Gasteiger partial charge is 0.481 e. The molecule has 124 valence electrons. The molecule has 0 aromatic carbocycles. The lowest BCUT2D eigenvalue weighted by atomic mass is 9.75. The highest BCUT2D eigenvalue weighted by molar-refractivity contribution is 5.73. The van der Waals surface area contributed by atoms with E-state index in [1.165, 1.54) is 0 Å². The molecule has 2 rings (SSSR count). The smallest absolute Gasteiger partial charge is 0.309 e. The lowest BCUT2D eigenvalue weighted by molar-refractivity contribution is -0.151. The molecule has 0 aromatic heterocycles. The Balaban J connectivity index is 1.84. The lowest BCUT2D eigenvalue weighted by Gasteiger charge is -2.31. The minimum atomic E-state index is -0.732. The van der Waals surface area contributed by atoms with Gasteiger partial charge in [0.25, 0.3) is 0 Å². The third-order valence-electron chi connectivity index (χ3n) is 5.36. The molecule has 0 bridgehead atoms. The molecule has 2 aliphatic rings. The van der Waals surface area contributed by atoms with Gasteiger partial charge in [0.05, 0.1) is 11.8 Å². The highest BCUT2D eigenvalue weighted by Crippen LogP contribution is 2.34. The topological polar surface area (TPSA) is 63.6 Å². The van der Waals surface area contributed by atoms with Crippen molar-refractivity contribution >= 4 is 11.9 Å². The van der Waals surface area contributed by atoms with Crippen molar-refractivity contribution in [2.75, 3.05) is 6.61 Å². The van der Waals surface area contributed by atoms with Gasteiger partial charge in [-0.25, -0.2) is 0 Å². The molecule has 1 N–H and O–H groups in total. The van der Waals surface area contributed by atoms with Crippen LogP contribution < -0.4 is 0 Å². The zero-order valence-electron chi connectivity index (χ0n) is 13.9. The van der Waals surface area contributed by atoms with Crippen LogP contribution >= 0.6 is 0 Å². The molecule has 0 heterocycles. The van der Waals surface area contributed by atoms with Gasteiger partial charge >= 0.3 is 11.9 Å². The van der Waals surface area contributed by atoms with Crippen LogP contribution in [0.15, 0.2) is 11.6 Å². The molecule has 0 aliphatic heterocycles. The summed E-state index contributed by atoms with van der Waals surface area (Å²) in [5.41, 5.74) is 1.06. The molecule has 1 saturated carbocycles. The Kier molecular flexibility index (Phi) is 5.65. The Labute approximate surface area is 132 Å². The summed E-state index contributed by atoms with van der Waals surface area (Å²) in [6, 6.07) is 0. The molecule has 0 amide bonds. The first-order valence-corrected chi connectivity index (χ1v) is 8.47. The highest BCUT2D eigenvalue weighted by Gasteiger charge is 2.32. The van der Waals surface area contributed by atoms with Crippen molar-refractivity contribution in [2.24, 2.45) is 29.6 Å². The predicted molar refractivity (Wildman–Crippen MR) is 84.2 cm³/mol. The van der Waals surface area contributed by atoms with Crippen LogP contribution in [0.25, 0.3) is 0 Å². The molecule has 5 unspecified atom stereocenters. The van der Waals surface area contributed by atoms with Crippen LogP contribution in [0, 0.1) is 29.6 Å². The van der Waals surface area contributed by atoms with Gasteiger partial charge in [0.15, 0.2) is 0 Å². The molecule has 2 aliphatic carbocycles. The first kappa shape index (κ1) is 17.0. The number of carboxylic acids is 1. The Morgan fingerprint density at radius 3 is 2.50 bits per heavy atom. The van der Waals surface area contributed by atoms with Gasteiger partial charge in [-0.3, -0.25) is 9.59 Å². The van der Waals surface area contributed by atoms with Crippen molar-refractivity contribution in [2.45, 2.75) is 52.9 Å². The zero-order chi connectivity index (χ0) is 16.3. The van der Waals surface area contributed by atoms with E-state index in [0.717, 1.165) is 24.8 Å². The number of allylic oxidation sites excluding steroid dienone is 1. The van der Waals surface area contributed by atoms with E-state index in [1.54, 1.807) is 0 Å². The molecule has 0 spiro atoms. The van der Waals surface area contributed by atoms with Crippen LogP contribution in [0.1, 0.15) is 52.9 Å². The van der Waals surface area contributed by atoms with Crippen molar-refractivity contribution < 1.29 is 19.4 Å². The van der Waals surface area contributed by atoms with Gasteiger partial charge in [0.2, 0.25) is 0 Å². The lowest BCUT2D eigenvalue weighted by Crippen LogP contribution is -2.30. The molecule has 1 fully saturated rings. The van der Waals surface area contributed by atoms with E-state index in [9.17, 15) is 9.59 Å². The van der Waals surface area contributed by atoms with Gasteiger partial charge in [0, 0.05) is 0 Å². The average Bonchev–Trinajstić information content (AvgIpc) is 2.44. The van der Waals surface area contributed by atoms with Gasteiger partial charge in [-0.1, -0.05) is 26.8 Å². The number of carbonyl (C=O) groups is 2. The Bertz CT molecular complexity index is 454. The van der Waals surface area contributed by atoms with Crippen molar-refractivity contribution in [3.63, 3.8) is 0 Å². The molecule has 0 saturated heterocycles. The van der Waals surface area contributed by atoms with E-state index in [2.05, 4.69) is 13.8 Å². The fourth-order valence-corrected chi connectivity index (χ4v) is 3.93. The monoisotopic (exact) mass is 308 g/mol. The zero-order valence-corrected chi connectivity index (χ0v) is 13.9. The van der Waals surface area contributed by atoms with Crippen molar-refractivity contribution in [3.8, 4) is 0 Å². The minimum absolute atomic E-state index is 0.00871. The van der Waals surface area contributed by atoms with Crippen LogP contribution in [0.5, 0.6) is 0 Å². The van der Waals surface area contributed by atoms with Gasteiger partial charge in [-0.05, 0) is 55.4 Å². The van der Waals surface area contributed by atoms with Crippen LogP contribution in [0.4, 0.5) is 0 Å². The molecule has 4 nitrogen and oxygen atoms in total. The molecule has 4 heteroatoms. The summed E-state index contributed by atoms with van der Waals surface area (Å²) in [5.74, 6) is 0.0253. The molecular weight excluding hydrogens is 280 g/mol. The number of ether oxygens (including phenoxy) is 1. The second-order valence-corrected chi connectivity index (χ2v) is 7.28. The van der Waals surface area contributed by atoms with Gasteiger partial charge in [0.1, 0.15) is 6.61 Å². The summed E-state index contributed by atoms with van der Waals surface area (Å²) < 4.78 is 5.52. The van der Waals surface area contributed by atoms with Gasteiger partial charge < -0.3 is 9.84 Å². The number of hydrogen-bond acceptors (Lipinski definition) is 3. The van der Waals surface area contributed by atoms with Crippen molar-refractivity contribution in [1.82, 2.24) is 0 Å². The first-order chi connectivity index (χ1) is 10.4. The van der Waals surface area contributed by atoms with E-state index < -0.39 is 5.97 Å². The van der Waals surface area contributed by atoms with Gasteiger partial charge in [-0.2, -0.15) is 0 Å². The maximum atomic E-state index is 12.3. The fourth-order valence-electron chi connectivity index (χ4n) is 3.93. The summed E-state index contributed by atoms with van der Waals surface area (Å²) in [4.78, 5) is 23.4. The molecule has 22 heavy (non-hydrogen) atoms. The fraction of sp³-hybridized carbons (Fsp3) is 0.778. The van der Waals surface area contributed by atoms with Crippen LogP contribution in [-0.4, -0.2) is 23.7 Å². The van der Waals surface area contributed by atoms with Crippen molar-refractivity contribution in [1.29, 1.82) is 0 Å². The summed E-state index contributed by atoms with van der Waals surface area (Å²) >= 11 is 0. The van der Waals surface area contributed by atoms with E-state index >= 15 is 0 Å². The minimum Gasteiger partial charge on any atom is -0.481 e. The van der Waals surface area contributed by atoms with Crippen LogP contribution in [0.2, 0.25) is 0 Å². The van der Waals surface area contributed by atoms with E-state index in [-0.39, 0.29) is 23.7 Å². The summed E-state index contributed by atoms with van der Waals surface area (Å²) in [5, 5.41) is 9.12. The summed E-state index contributed by atoms with van der Waals surface area (Å²) in [7, 11) is 0. The first-order valence-electron chi connectivity index (χ1n) is 8.47. The third-order valence-corrected chi connectivity index (χ3v) is 5.36. The Morgan fingerprint density at radius 1 is 1.18 bits per heavy atom. The number of rotatable bonds is 4. The Hall–Kier alpha value is -1.32. The van der Waals surface area contributed by atoms with Crippen molar-refractivity contribution in [3.05, 3.63) is 11.6 Å².